The molecule has 0 bridgehead atoms. The maximum Gasteiger partial charge on any atom is 0.311 e. The van der Waals surface area contributed by atoms with E-state index >= 15 is 0 Å². The van der Waals surface area contributed by atoms with Gasteiger partial charge in [0, 0.05) is 18.2 Å². The average molecular weight is 276 g/mol. The van der Waals surface area contributed by atoms with Crippen LogP contribution in [-0.4, -0.2) is 26.8 Å². The minimum Gasteiger partial charge on any atom is -0.490 e. The molecule has 0 aliphatic rings. The molecule has 0 unspecified atom stereocenters. The fourth-order valence-electron chi connectivity index (χ4n) is 1.98. The lowest BCUT2D eigenvalue weighted by atomic mass is 10.1. The van der Waals surface area contributed by atoms with E-state index in [9.17, 15) is 10.1 Å². The number of aromatic nitrogens is 3. The number of hydrogen-bond donors (Lipinski definition) is 0. The average Bonchev–Trinajstić information content (AvgIpc) is 2.85. The lowest BCUT2D eigenvalue weighted by Crippen LogP contribution is -2.05. The second-order valence-corrected chi connectivity index (χ2v) is 4.84. The van der Waals surface area contributed by atoms with Crippen LogP contribution in [0.15, 0.2) is 24.5 Å². The SMILES string of the molecule is COc1ccc(-c2nncn2CC(C)C)cc1[N+](=O)[O-]. The lowest BCUT2D eigenvalue weighted by molar-refractivity contribution is -0.385. The molecule has 0 fully saturated rings. The van der Waals surface area contributed by atoms with Crippen LogP contribution in [0.5, 0.6) is 5.75 Å². The highest BCUT2D eigenvalue weighted by atomic mass is 16.6. The van der Waals surface area contributed by atoms with Crippen molar-refractivity contribution >= 4 is 5.69 Å². The van der Waals surface area contributed by atoms with E-state index < -0.39 is 4.92 Å². The Morgan fingerprint density at radius 3 is 2.80 bits per heavy atom. The fraction of sp³-hybridized carbons (Fsp3) is 0.385. The number of rotatable bonds is 5. The molecule has 0 saturated carbocycles. The molecule has 7 heteroatoms. The Balaban J connectivity index is 2.46. The van der Waals surface area contributed by atoms with Gasteiger partial charge in [0.25, 0.3) is 0 Å². The number of hydrogen-bond acceptors (Lipinski definition) is 5. The van der Waals surface area contributed by atoms with Crippen LogP contribution in [0.4, 0.5) is 5.69 Å². The van der Waals surface area contributed by atoms with Gasteiger partial charge in [-0.3, -0.25) is 10.1 Å². The number of ether oxygens (including phenoxy) is 1. The Hall–Kier alpha value is -2.44. The summed E-state index contributed by atoms with van der Waals surface area (Å²) in [5, 5.41) is 19.0. The third kappa shape index (κ3) is 2.76. The summed E-state index contributed by atoms with van der Waals surface area (Å²) < 4.78 is 6.87. The maximum absolute atomic E-state index is 11.0. The quantitative estimate of drug-likeness (QED) is 0.619. The van der Waals surface area contributed by atoms with Crippen LogP contribution in [0, 0.1) is 16.0 Å². The summed E-state index contributed by atoms with van der Waals surface area (Å²) in [5.41, 5.74) is 0.569. The molecule has 0 saturated heterocycles. The number of methoxy groups -OCH3 is 1. The molecule has 1 aromatic carbocycles. The molecule has 0 atom stereocenters. The predicted octanol–water partition coefficient (Wildman–Crippen LogP) is 2.52. The highest BCUT2D eigenvalue weighted by Crippen LogP contribution is 2.31. The summed E-state index contributed by atoms with van der Waals surface area (Å²) in [5.74, 6) is 1.27. The van der Waals surface area contributed by atoms with Crippen molar-refractivity contribution in [1.29, 1.82) is 0 Å². The van der Waals surface area contributed by atoms with Crippen LogP contribution >= 0.6 is 0 Å². The molecule has 1 heterocycles. The van der Waals surface area contributed by atoms with E-state index in [4.69, 9.17) is 4.74 Å². The van der Waals surface area contributed by atoms with E-state index in [1.54, 1.807) is 18.5 Å². The molecule has 20 heavy (non-hydrogen) atoms. The normalized spacial score (nSPS) is 10.8. The van der Waals surface area contributed by atoms with E-state index in [0.29, 0.717) is 17.3 Å². The molecule has 1 aromatic heterocycles. The molecule has 0 N–H and O–H groups in total. The van der Waals surface area contributed by atoms with Crippen molar-refractivity contribution in [3.63, 3.8) is 0 Å². The van der Waals surface area contributed by atoms with Gasteiger partial charge in [-0.1, -0.05) is 13.8 Å². The summed E-state index contributed by atoms with van der Waals surface area (Å²) >= 11 is 0. The van der Waals surface area contributed by atoms with Gasteiger partial charge in [0.1, 0.15) is 6.33 Å². The molecule has 2 rings (SSSR count). The smallest absolute Gasteiger partial charge is 0.311 e. The molecule has 0 aliphatic carbocycles. The Kier molecular flexibility index (Phi) is 3.97. The molecule has 0 amide bonds. The van der Waals surface area contributed by atoms with Gasteiger partial charge >= 0.3 is 5.69 Å². The van der Waals surface area contributed by atoms with Crippen LogP contribution in [0.1, 0.15) is 13.8 Å². The molecule has 0 aliphatic heterocycles. The van der Waals surface area contributed by atoms with E-state index in [2.05, 4.69) is 24.0 Å². The predicted molar refractivity (Wildman–Crippen MR) is 73.5 cm³/mol. The summed E-state index contributed by atoms with van der Waals surface area (Å²) in [4.78, 5) is 10.6. The van der Waals surface area contributed by atoms with Crippen LogP contribution in [0.3, 0.4) is 0 Å². The standard InChI is InChI=1S/C13H16N4O3/c1-9(2)7-16-8-14-15-13(16)10-4-5-12(20-3)11(6-10)17(18)19/h4-6,8-9H,7H2,1-3H3. The first-order chi connectivity index (χ1) is 9.52. The summed E-state index contributed by atoms with van der Waals surface area (Å²) in [7, 11) is 1.41. The minimum absolute atomic E-state index is 0.0795. The van der Waals surface area contributed by atoms with Gasteiger partial charge in [0.15, 0.2) is 11.6 Å². The van der Waals surface area contributed by atoms with E-state index in [1.807, 2.05) is 4.57 Å². The highest BCUT2D eigenvalue weighted by molar-refractivity contribution is 5.63. The fourth-order valence-corrected chi connectivity index (χ4v) is 1.98. The van der Waals surface area contributed by atoms with E-state index in [1.165, 1.54) is 13.2 Å². The second kappa shape index (κ2) is 5.68. The van der Waals surface area contributed by atoms with Crippen molar-refractivity contribution in [2.45, 2.75) is 20.4 Å². The zero-order valence-corrected chi connectivity index (χ0v) is 11.6. The van der Waals surface area contributed by atoms with Gasteiger partial charge < -0.3 is 9.30 Å². The molecule has 2 aromatic rings. The van der Waals surface area contributed by atoms with Crippen molar-refractivity contribution < 1.29 is 9.66 Å². The van der Waals surface area contributed by atoms with Gasteiger partial charge in [-0.2, -0.15) is 0 Å². The number of nitrogens with zero attached hydrogens (tertiary/aromatic N) is 4. The zero-order chi connectivity index (χ0) is 14.7. The Morgan fingerprint density at radius 2 is 2.20 bits per heavy atom. The van der Waals surface area contributed by atoms with Gasteiger partial charge in [-0.05, 0) is 18.1 Å². The monoisotopic (exact) mass is 276 g/mol. The van der Waals surface area contributed by atoms with Crippen LogP contribution < -0.4 is 4.74 Å². The maximum atomic E-state index is 11.0. The summed E-state index contributed by atoms with van der Waals surface area (Å²) in [6.07, 6.45) is 1.63. The van der Waals surface area contributed by atoms with Crippen LogP contribution in [0.25, 0.3) is 11.4 Å². The first-order valence-corrected chi connectivity index (χ1v) is 6.23. The highest BCUT2D eigenvalue weighted by Gasteiger charge is 2.18. The number of nitro groups is 1. The molecule has 0 radical (unpaired) electrons. The van der Waals surface area contributed by atoms with Crippen molar-refractivity contribution in [3.8, 4) is 17.1 Å². The Labute approximate surface area is 116 Å². The topological polar surface area (TPSA) is 83.1 Å². The van der Waals surface area contributed by atoms with Crippen LogP contribution in [-0.2, 0) is 6.54 Å². The number of benzene rings is 1. The van der Waals surface area contributed by atoms with Gasteiger partial charge in [-0.25, -0.2) is 0 Å². The van der Waals surface area contributed by atoms with Gasteiger partial charge in [-0.15, -0.1) is 10.2 Å². The summed E-state index contributed by atoms with van der Waals surface area (Å²) in [6.45, 7) is 4.92. The molecule has 7 nitrogen and oxygen atoms in total. The van der Waals surface area contributed by atoms with Crippen molar-refractivity contribution in [2.75, 3.05) is 7.11 Å². The number of nitro benzene ring substituents is 1. The third-order valence-electron chi connectivity index (χ3n) is 2.81. The van der Waals surface area contributed by atoms with Gasteiger partial charge in [0.05, 0.1) is 12.0 Å². The van der Waals surface area contributed by atoms with Crippen LogP contribution in [0.2, 0.25) is 0 Å². The van der Waals surface area contributed by atoms with E-state index in [0.717, 1.165) is 6.54 Å². The Bertz CT molecular complexity index is 622. The second-order valence-electron chi connectivity index (χ2n) is 4.84. The largest absolute Gasteiger partial charge is 0.490 e. The molecular formula is C13H16N4O3. The van der Waals surface area contributed by atoms with Crippen molar-refractivity contribution in [1.82, 2.24) is 14.8 Å². The molecule has 0 spiro atoms. The van der Waals surface area contributed by atoms with E-state index in [-0.39, 0.29) is 11.4 Å². The molecular weight excluding hydrogens is 260 g/mol. The lowest BCUT2D eigenvalue weighted by Gasteiger charge is -2.09. The zero-order valence-electron chi connectivity index (χ0n) is 11.6. The summed E-state index contributed by atoms with van der Waals surface area (Å²) in [6, 6.07) is 4.77. The van der Waals surface area contributed by atoms with Crippen molar-refractivity contribution in [3.05, 3.63) is 34.6 Å². The Morgan fingerprint density at radius 1 is 1.45 bits per heavy atom. The minimum atomic E-state index is -0.467. The molecule has 106 valence electrons. The van der Waals surface area contributed by atoms with Gasteiger partial charge in [0.2, 0.25) is 0 Å². The first-order valence-electron chi connectivity index (χ1n) is 6.23. The van der Waals surface area contributed by atoms with Crippen molar-refractivity contribution in [2.24, 2.45) is 5.92 Å². The third-order valence-corrected chi connectivity index (χ3v) is 2.81. The first kappa shape index (κ1) is 14.0.